The van der Waals surface area contributed by atoms with Crippen LogP contribution in [0.1, 0.15) is 29.9 Å². The van der Waals surface area contributed by atoms with Crippen molar-refractivity contribution in [2.45, 2.75) is 32.7 Å². The summed E-state index contributed by atoms with van der Waals surface area (Å²) < 4.78 is 16.1. The fraction of sp³-hybridized carbons (Fsp3) is 0.423. The highest BCUT2D eigenvalue weighted by Crippen LogP contribution is 2.31. The van der Waals surface area contributed by atoms with Crippen LogP contribution in [0.2, 0.25) is 0 Å². The highest BCUT2D eigenvalue weighted by molar-refractivity contribution is 5.78. The number of nitrogens with one attached hydrogen (secondary N) is 1. The maximum Gasteiger partial charge on any atom is 0.241 e. The van der Waals surface area contributed by atoms with Crippen molar-refractivity contribution < 1.29 is 18.8 Å². The number of aromatic nitrogens is 2. The van der Waals surface area contributed by atoms with Crippen molar-refractivity contribution >= 4 is 5.91 Å². The van der Waals surface area contributed by atoms with Gasteiger partial charge in [0.1, 0.15) is 0 Å². The Labute approximate surface area is 200 Å². The number of benzene rings is 2. The van der Waals surface area contributed by atoms with E-state index in [4.69, 9.17) is 14.0 Å². The van der Waals surface area contributed by atoms with Crippen LogP contribution in [0.15, 0.2) is 47.0 Å². The third kappa shape index (κ3) is 5.94. The predicted molar refractivity (Wildman–Crippen MR) is 129 cm³/mol. The summed E-state index contributed by atoms with van der Waals surface area (Å²) in [7, 11) is 3.19. The molecule has 1 aromatic heterocycles. The van der Waals surface area contributed by atoms with Crippen LogP contribution in [0.5, 0.6) is 11.5 Å². The van der Waals surface area contributed by atoms with E-state index >= 15 is 0 Å². The number of rotatable bonds is 9. The summed E-state index contributed by atoms with van der Waals surface area (Å²) >= 11 is 0. The molecule has 1 fully saturated rings. The molecular weight excluding hydrogens is 432 g/mol. The van der Waals surface area contributed by atoms with Crippen molar-refractivity contribution in [2.75, 3.05) is 33.9 Å². The summed E-state index contributed by atoms with van der Waals surface area (Å²) in [4.78, 5) is 19.4. The smallest absolute Gasteiger partial charge is 0.241 e. The molecule has 34 heavy (non-hydrogen) atoms. The van der Waals surface area contributed by atoms with Crippen molar-refractivity contribution in [3.05, 3.63) is 59.5 Å². The summed E-state index contributed by atoms with van der Waals surface area (Å²) in [5, 5.41) is 7.22. The van der Waals surface area contributed by atoms with Gasteiger partial charge in [-0.05, 0) is 63.0 Å². The largest absolute Gasteiger partial charge is 0.493 e. The molecule has 180 valence electrons. The Kier molecular flexibility index (Phi) is 7.80. The van der Waals surface area contributed by atoms with E-state index < -0.39 is 0 Å². The number of ether oxygens (including phenoxy) is 2. The Morgan fingerprint density at radius 2 is 1.82 bits per heavy atom. The Morgan fingerprint density at radius 1 is 1.09 bits per heavy atom. The van der Waals surface area contributed by atoms with E-state index in [1.54, 1.807) is 14.2 Å². The van der Waals surface area contributed by atoms with E-state index in [0.717, 1.165) is 37.9 Å². The average Bonchev–Trinajstić information content (AvgIpc) is 3.33. The monoisotopic (exact) mass is 464 g/mol. The number of methoxy groups -OCH3 is 2. The summed E-state index contributed by atoms with van der Waals surface area (Å²) in [6.45, 7) is 4.97. The van der Waals surface area contributed by atoms with Gasteiger partial charge < -0.3 is 19.3 Å². The molecule has 0 saturated carbocycles. The number of likely N-dealkylation sites (tertiary alicyclic amines) is 1. The van der Waals surface area contributed by atoms with Crippen LogP contribution in [0.3, 0.4) is 0 Å². The number of amides is 1. The Hall–Kier alpha value is -3.39. The van der Waals surface area contributed by atoms with Crippen molar-refractivity contribution in [1.82, 2.24) is 20.4 Å². The molecule has 8 heteroatoms. The molecule has 3 aromatic rings. The van der Waals surface area contributed by atoms with Crippen LogP contribution >= 0.6 is 0 Å². The molecule has 0 atom stereocenters. The topological polar surface area (TPSA) is 89.7 Å². The molecule has 0 spiro atoms. The molecule has 2 heterocycles. The quantitative estimate of drug-likeness (QED) is 0.517. The molecule has 0 aliphatic carbocycles. The molecular formula is C26H32N4O4. The van der Waals surface area contributed by atoms with Gasteiger partial charge in [-0.1, -0.05) is 35.0 Å². The SMILES string of the molecule is COc1ccc(-c2noc(CN3CCC(C(=O)NCCc4ccc(C)cc4)CC3)n2)cc1OC. The molecule has 1 aliphatic rings. The second-order valence-electron chi connectivity index (χ2n) is 8.66. The summed E-state index contributed by atoms with van der Waals surface area (Å²) in [6.07, 6.45) is 2.50. The molecule has 1 amide bonds. The Balaban J connectivity index is 1.23. The van der Waals surface area contributed by atoms with Gasteiger partial charge in [0.15, 0.2) is 11.5 Å². The van der Waals surface area contributed by atoms with Crippen molar-refractivity contribution in [3.63, 3.8) is 0 Å². The van der Waals surface area contributed by atoms with E-state index in [2.05, 4.69) is 51.5 Å². The summed E-state index contributed by atoms with van der Waals surface area (Å²) in [6, 6.07) is 14.0. The van der Waals surface area contributed by atoms with E-state index in [1.807, 2.05) is 18.2 Å². The predicted octanol–water partition coefficient (Wildman–Crippen LogP) is 3.63. The molecule has 1 N–H and O–H groups in total. The van der Waals surface area contributed by atoms with Crippen LogP contribution < -0.4 is 14.8 Å². The maximum absolute atomic E-state index is 12.6. The minimum absolute atomic E-state index is 0.0549. The van der Waals surface area contributed by atoms with Crippen molar-refractivity contribution in [3.8, 4) is 22.9 Å². The van der Waals surface area contributed by atoms with Crippen LogP contribution in [0.25, 0.3) is 11.4 Å². The maximum atomic E-state index is 12.6. The van der Waals surface area contributed by atoms with Gasteiger partial charge in [0, 0.05) is 18.0 Å². The number of nitrogens with zero attached hydrogens (tertiary/aromatic N) is 3. The van der Waals surface area contributed by atoms with E-state index in [1.165, 1.54) is 11.1 Å². The number of carbonyl (C=O) groups excluding carboxylic acids is 1. The molecule has 2 aromatic carbocycles. The number of aryl methyl sites for hydroxylation is 1. The fourth-order valence-corrected chi connectivity index (χ4v) is 4.19. The molecule has 0 unspecified atom stereocenters. The van der Waals surface area contributed by atoms with Crippen molar-refractivity contribution in [2.24, 2.45) is 5.92 Å². The first-order valence-electron chi connectivity index (χ1n) is 11.7. The fourth-order valence-electron chi connectivity index (χ4n) is 4.19. The first kappa shape index (κ1) is 23.8. The van der Waals surface area contributed by atoms with Crippen LogP contribution in [-0.4, -0.2) is 54.8 Å². The van der Waals surface area contributed by atoms with E-state index in [0.29, 0.717) is 36.3 Å². The average molecular weight is 465 g/mol. The van der Waals surface area contributed by atoms with Gasteiger partial charge in [-0.2, -0.15) is 4.98 Å². The minimum Gasteiger partial charge on any atom is -0.493 e. The number of carbonyl (C=O) groups is 1. The van der Waals surface area contributed by atoms with E-state index in [9.17, 15) is 4.79 Å². The Bertz CT molecular complexity index is 1090. The first-order chi connectivity index (χ1) is 16.6. The van der Waals surface area contributed by atoms with Crippen LogP contribution in [0.4, 0.5) is 0 Å². The molecule has 1 aliphatic heterocycles. The standard InChI is InChI=1S/C26H32N4O4/c1-18-4-6-19(7-5-18)10-13-27-26(31)20-11-14-30(15-12-20)17-24-28-25(29-34-24)21-8-9-22(32-2)23(16-21)33-3/h4-9,16,20H,10-15,17H2,1-3H3,(H,27,31). The summed E-state index contributed by atoms with van der Waals surface area (Å²) in [5.41, 5.74) is 3.29. The van der Waals surface area contributed by atoms with Gasteiger partial charge in [-0.25, -0.2) is 0 Å². The number of hydrogen-bond donors (Lipinski definition) is 1. The van der Waals surface area contributed by atoms with Gasteiger partial charge >= 0.3 is 0 Å². The summed E-state index contributed by atoms with van der Waals surface area (Å²) in [5.74, 6) is 2.55. The van der Waals surface area contributed by atoms with Gasteiger partial charge in [-0.15, -0.1) is 0 Å². The molecule has 4 rings (SSSR count). The number of piperidine rings is 1. The lowest BCUT2D eigenvalue weighted by Crippen LogP contribution is -2.40. The van der Waals surface area contributed by atoms with Gasteiger partial charge in [0.2, 0.25) is 17.6 Å². The third-order valence-electron chi connectivity index (χ3n) is 6.26. The minimum atomic E-state index is 0.0549. The van der Waals surface area contributed by atoms with Crippen molar-refractivity contribution in [1.29, 1.82) is 0 Å². The van der Waals surface area contributed by atoms with Crippen LogP contribution in [-0.2, 0) is 17.8 Å². The first-order valence-corrected chi connectivity index (χ1v) is 11.7. The van der Waals surface area contributed by atoms with Gasteiger partial charge in [0.05, 0.1) is 20.8 Å². The molecule has 8 nitrogen and oxygen atoms in total. The zero-order valence-electron chi connectivity index (χ0n) is 20.0. The third-order valence-corrected chi connectivity index (χ3v) is 6.26. The second-order valence-corrected chi connectivity index (χ2v) is 8.66. The lowest BCUT2D eigenvalue weighted by atomic mass is 9.96. The molecule has 0 radical (unpaired) electrons. The highest BCUT2D eigenvalue weighted by Gasteiger charge is 2.26. The highest BCUT2D eigenvalue weighted by atomic mass is 16.5. The second kappa shape index (κ2) is 11.2. The van der Waals surface area contributed by atoms with E-state index in [-0.39, 0.29) is 11.8 Å². The molecule has 1 saturated heterocycles. The van der Waals surface area contributed by atoms with Gasteiger partial charge in [0.25, 0.3) is 0 Å². The van der Waals surface area contributed by atoms with Crippen LogP contribution in [0, 0.1) is 12.8 Å². The Morgan fingerprint density at radius 3 is 2.53 bits per heavy atom. The molecule has 0 bridgehead atoms. The normalized spacial score (nSPS) is 14.7. The lowest BCUT2D eigenvalue weighted by molar-refractivity contribution is -0.126. The van der Waals surface area contributed by atoms with Gasteiger partial charge in [-0.3, -0.25) is 9.69 Å². The lowest BCUT2D eigenvalue weighted by Gasteiger charge is -2.30. The number of hydrogen-bond acceptors (Lipinski definition) is 7. The zero-order valence-corrected chi connectivity index (χ0v) is 20.0. The zero-order chi connectivity index (χ0) is 23.9.